The number of allylic oxidation sites excluding steroid dienone is 6. The Hall–Kier alpha value is -5.74. The lowest BCUT2D eigenvalue weighted by atomic mass is 9.79. The predicted molar refractivity (Wildman–Crippen MR) is 250 cm³/mol. The number of benzene rings is 4. The molecular weight excluding hydrogens is 853 g/mol. The number of nitrogens with one attached hydrogen (secondary N) is 1. The molecule has 0 atom stereocenters. The highest BCUT2D eigenvalue weighted by Crippen LogP contribution is 2.51. The maximum Gasteiger partial charge on any atom is 0.294 e. The van der Waals surface area contributed by atoms with Gasteiger partial charge in [0.05, 0.1) is 16.1 Å². The van der Waals surface area contributed by atoms with Gasteiger partial charge in [-0.1, -0.05) is 74.9 Å². The highest BCUT2D eigenvalue weighted by molar-refractivity contribution is 7.86. The molecule has 3 amide bonds. The van der Waals surface area contributed by atoms with E-state index >= 15 is 0 Å². The molecule has 4 aromatic carbocycles. The summed E-state index contributed by atoms with van der Waals surface area (Å²) in [5.74, 6) is -1.20. The van der Waals surface area contributed by atoms with Crippen LogP contribution < -0.4 is 10.2 Å². The molecule has 0 radical (unpaired) electrons. The molecule has 7 rings (SSSR count). The van der Waals surface area contributed by atoms with Crippen molar-refractivity contribution in [2.24, 2.45) is 0 Å². The average Bonchev–Trinajstić information content (AvgIpc) is 3.76. The van der Waals surface area contributed by atoms with Gasteiger partial charge in [-0.15, -0.1) is 0 Å². The summed E-state index contributed by atoms with van der Waals surface area (Å²) in [5.41, 5.74) is 5.50. The van der Waals surface area contributed by atoms with Crippen molar-refractivity contribution in [1.29, 1.82) is 0 Å². The minimum absolute atomic E-state index is 0.120. The molecule has 336 valence electrons. The standard InChI is InChI=1S/C49H54N4O9S2/c1-48(2)41(52(30-13-14-32-63(57,58)59)39-24-20-34-15-10-11-16-37(34)46(39)48)17-7-5-8-18-42-49(3,4)47-38-23-22-36(64(60,61)62)33-35(38)21-25-40(47)51(42)29-12-6-9-19-43(54)50-28-31-53-44(55)26-27-45(53)56/h5,7-8,10-11,15-18,20-27,33H,6,9,12-14,19,28-32H2,1-4H3,(H2-,50,54,57,58,59,60,61,62)/p+1. The van der Waals surface area contributed by atoms with Gasteiger partial charge in [-0.3, -0.25) is 28.4 Å². The first-order valence-corrected chi connectivity index (χ1v) is 24.6. The van der Waals surface area contributed by atoms with Crippen LogP contribution in [-0.2, 0) is 45.4 Å². The molecular formula is C49H55N4O9S2+. The maximum atomic E-state index is 12.6. The Morgan fingerprint density at radius 1 is 0.734 bits per heavy atom. The molecule has 0 saturated carbocycles. The van der Waals surface area contributed by atoms with Crippen LogP contribution in [0, 0.1) is 0 Å². The van der Waals surface area contributed by atoms with Crippen LogP contribution in [0.2, 0.25) is 0 Å². The monoisotopic (exact) mass is 907 g/mol. The van der Waals surface area contributed by atoms with Crippen LogP contribution in [0.5, 0.6) is 0 Å². The maximum absolute atomic E-state index is 12.6. The Morgan fingerprint density at radius 3 is 2.19 bits per heavy atom. The number of nitrogens with zero attached hydrogens (tertiary/aromatic N) is 3. The molecule has 0 saturated heterocycles. The van der Waals surface area contributed by atoms with E-state index < -0.39 is 25.7 Å². The summed E-state index contributed by atoms with van der Waals surface area (Å²) >= 11 is 0. The summed E-state index contributed by atoms with van der Waals surface area (Å²) in [6.07, 6.45) is 16.0. The first-order valence-electron chi connectivity index (χ1n) is 21.6. The highest BCUT2D eigenvalue weighted by atomic mass is 32.2. The van der Waals surface area contributed by atoms with Crippen molar-refractivity contribution in [3.05, 3.63) is 126 Å². The highest BCUT2D eigenvalue weighted by Gasteiger charge is 2.45. The van der Waals surface area contributed by atoms with Crippen molar-refractivity contribution in [2.75, 3.05) is 36.8 Å². The van der Waals surface area contributed by atoms with Crippen LogP contribution in [-0.4, -0.2) is 90.8 Å². The van der Waals surface area contributed by atoms with Gasteiger partial charge < -0.3 is 10.2 Å². The molecule has 0 fully saturated rings. The predicted octanol–water partition coefficient (Wildman–Crippen LogP) is 7.68. The van der Waals surface area contributed by atoms with Crippen molar-refractivity contribution in [3.8, 4) is 0 Å². The van der Waals surface area contributed by atoms with E-state index in [2.05, 4.69) is 78.9 Å². The van der Waals surface area contributed by atoms with Crippen LogP contribution in [0.15, 0.2) is 120 Å². The van der Waals surface area contributed by atoms with E-state index in [0.717, 1.165) is 62.2 Å². The fraction of sp³-hybridized carbons (Fsp3) is 0.347. The molecule has 0 bridgehead atoms. The zero-order chi connectivity index (χ0) is 46.0. The molecule has 4 aromatic rings. The summed E-state index contributed by atoms with van der Waals surface area (Å²) in [5, 5.41) is 6.66. The molecule has 0 aromatic heterocycles. The molecule has 3 N–H and O–H groups in total. The lowest BCUT2D eigenvalue weighted by Gasteiger charge is -2.27. The zero-order valence-corrected chi connectivity index (χ0v) is 38.2. The third kappa shape index (κ3) is 9.67. The summed E-state index contributed by atoms with van der Waals surface area (Å²) in [7, 11) is -8.46. The van der Waals surface area contributed by atoms with Gasteiger partial charge in [-0.2, -0.15) is 21.4 Å². The number of anilines is 1. The second kappa shape index (κ2) is 18.4. The number of hydrogen-bond donors (Lipinski definition) is 3. The number of fused-ring (bicyclic) bond motifs is 6. The molecule has 0 unspecified atom stereocenters. The van der Waals surface area contributed by atoms with Gasteiger partial charge in [0.25, 0.3) is 32.1 Å². The Bertz CT molecular complexity index is 2910. The topological polar surface area (TPSA) is 181 Å². The van der Waals surface area contributed by atoms with E-state index in [1.165, 1.54) is 29.8 Å². The molecule has 15 heteroatoms. The first kappa shape index (κ1) is 46.3. The van der Waals surface area contributed by atoms with E-state index in [0.29, 0.717) is 44.2 Å². The fourth-order valence-electron chi connectivity index (χ4n) is 9.44. The van der Waals surface area contributed by atoms with Crippen LogP contribution >= 0.6 is 0 Å². The van der Waals surface area contributed by atoms with Gasteiger partial charge in [0.2, 0.25) is 11.6 Å². The number of unbranched alkanes of at least 4 members (excludes halogenated alkanes) is 3. The Morgan fingerprint density at radius 2 is 1.45 bits per heavy atom. The number of hydrogen-bond acceptors (Lipinski definition) is 8. The zero-order valence-electron chi connectivity index (χ0n) is 36.6. The minimum Gasteiger partial charge on any atom is -0.354 e. The number of rotatable bonds is 18. The van der Waals surface area contributed by atoms with Crippen molar-refractivity contribution in [1.82, 2.24) is 10.2 Å². The lowest BCUT2D eigenvalue weighted by molar-refractivity contribution is -0.438. The molecule has 0 spiro atoms. The quantitative estimate of drug-likeness (QED) is 0.0295. The molecule has 64 heavy (non-hydrogen) atoms. The number of carbonyl (C=O) groups excluding carboxylic acids is 3. The molecule has 3 heterocycles. The number of carbonyl (C=O) groups is 3. The Balaban J connectivity index is 1.12. The van der Waals surface area contributed by atoms with Crippen LogP contribution in [0.3, 0.4) is 0 Å². The van der Waals surface area contributed by atoms with E-state index in [4.69, 9.17) is 0 Å². The number of imide groups is 1. The molecule has 0 aliphatic carbocycles. The lowest BCUT2D eigenvalue weighted by Crippen LogP contribution is -2.38. The van der Waals surface area contributed by atoms with Crippen LogP contribution in [0.1, 0.15) is 77.3 Å². The summed E-state index contributed by atoms with van der Waals surface area (Å²) in [6, 6.07) is 21.1. The Labute approximate surface area is 375 Å². The second-order valence-electron chi connectivity index (χ2n) is 17.5. The van der Waals surface area contributed by atoms with E-state index in [9.17, 15) is 40.3 Å². The molecule has 13 nitrogen and oxygen atoms in total. The van der Waals surface area contributed by atoms with Gasteiger partial charge in [0.1, 0.15) is 6.54 Å². The van der Waals surface area contributed by atoms with Crippen LogP contribution in [0.4, 0.5) is 11.4 Å². The van der Waals surface area contributed by atoms with Gasteiger partial charge in [-0.25, -0.2) is 0 Å². The second-order valence-corrected chi connectivity index (χ2v) is 20.5. The van der Waals surface area contributed by atoms with Gasteiger partial charge in [0.15, 0.2) is 5.71 Å². The number of amides is 3. The van der Waals surface area contributed by atoms with E-state index in [1.807, 2.05) is 42.5 Å². The molecule has 3 aliphatic heterocycles. The smallest absolute Gasteiger partial charge is 0.294 e. The van der Waals surface area contributed by atoms with Crippen molar-refractivity contribution in [2.45, 2.75) is 81.9 Å². The van der Waals surface area contributed by atoms with E-state index in [1.54, 1.807) is 6.07 Å². The third-order valence-electron chi connectivity index (χ3n) is 12.5. The summed E-state index contributed by atoms with van der Waals surface area (Å²) in [6.45, 7) is 10.2. The van der Waals surface area contributed by atoms with Gasteiger partial charge in [0, 0.05) is 79.1 Å². The fourth-order valence-corrected chi connectivity index (χ4v) is 10.5. The van der Waals surface area contributed by atoms with Gasteiger partial charge in [-0.05, 0) is 90.6 Å². The molecule has 3 aliphatic rings. The average molecular weight is 908 g/mol. The van der Waals surface area contributed by atoms with E-state index in [-0.39, 0.29) is 46.9 Å². The summed E-state index contributed by atoms with van der Waals surface area (Å²) < 4.78 is 68.5. The van der Waals surface area contributed by atoms with Crippen molar-refractivity contribution < 1.29 is 44.9 Å². The van der Waals surface area contributed by atoms with Crippen molar-refractivity contribution in [3.63, 3.8) is 0 Å². The van der Waals surface area contributed by atoms with Crippen LogP contribution in [0.25, 0.3) is 21.5 Å². The minimum atomic E-state index is -4.40. The first-order chi connectivity index (χ1) is 30.3. The van der Waals surface area contributed by atoms with Crippen molar-refractivity contribution >= 4 is 76.6 Å². The van der Waals surface area contributed by atoms with Gasteiger partial charge >= 0.3 is 0 Å². The summed E-state index contributed by atoms with van der Waals surface area (Å²) in [4.78, 5) is 39.4. The SMILES string of the molecule is CC1(C)C(=CC=CC=CC2=[N+](CCCCS(=O)(=O)O)c3ccc4ccccc4c3C2(C)C)N(CCCCCC(=O)NCCN2C(=O)C=CC2=O)c2ccc3cc(S(=O)(=O)O)ccc3c21. The normalized spacial score (nSPS) is 17.6. The third-order valence-corrected chi connectivity index (χ3v) is 14.1. The largest absolute Gasteiger partial charge is 0.354 e. The Kier molecular flexibility index (Phi) is 13.3.